The van der Waals surface area contributed by atoms with Crippen LogP contribution in [-0.4, -0.2) is 50.9 Å². The van der Waals surface area contributed by atoms with E-state index in [2.05, 4.69) is 4.99 Å². The molecule has 2 bridgehead atoms. The minimum Gasteiger partial charge on any atom is -0.463 e. The summed E-state index contributed by atoms with van der Waals surface area (Å²) in [5, 5.41) is 20.2. The van der Waals surface area contributed by atoms with Gasteiger partial charge in [-0.3, -0.25) is 9.69 Å². The second-order valence-corrected chi connectivity index (χ2v) is 6.27. The largest absolute Gasteiger partial charge is 0.463 e. The van der Waals surface area contributed by atoms with Crippen molar-refractivity contribution in [2.24, 2.45) is 10.9 Å². The van der Waals surface area contributed by atoms with Crippen LogP contribution >= 0.6 is 11.8 Å². The molecule has 2 N–H and O–H groups in total. The zero-order chi connectivity index (χ0) is 14.6. The first-order valence-electron chi connectivity index (χ1n) is 6.74. The number of para-hydroxylation sites is 1. The fourth-order valence-electron chi connectivity index (χ4n) is 3.29. The number of thioether (sulfide) groups is 1. The molecule has 110 valence electrons. The standard InChI is InChI=1S/C14H14N2O4S/c17-5-9-12-8-3-1-2-4-10(8)20-14(9,7-18)15-13-16(12)11(19)6-21-13/h1-4,9,12,17-18H,5-7H2/t9-,12-,14?/m1/s1. The number of ether oxygens (including phenoxy) is 1. The van der Waals surface area contributed by atoms with Crippen molar-refractivity contribution in [3.05, 3.63) is 29.8 Å². The molecule has 0 aromatic heterocycles. The number of hydrogen-bond acceptors (Lipinski definition) is 6. The summed E-state index contributed by atoms with van der Waals surface area (Å²) < 4.78 is 5.94. The van der Waals surface area contributed by atoms with Crippen LogP contribution in [0.2, 0.25) is 0 Å². The molecule has 1 saturated heterocycles. The molecule has 21 heavy (non-hydrogen) atoms. The van der Waals surface area contributed by atoms with E-state index < -0.39 is 11.6 Å². The maximum Gasteiger partial charge on any atom is 0.239 e. The van der Waals surface area contributed by atoms with Gasteiger partial charge < -0.3 is 14.9 Å². The maximum absolute atomic E-state index is 12.2. The molecule has 1 aromatic rings. The quantitative estimate of drug-likeness (QED) is 0.824. The van der Waals surface area contributed by atoms with Crippen molar-refractivity contribution in [1.29, 1.82) is 0 Å². The molecule has 1 aromatic carbocycles. The highest BCUT2D eigenvalue weighted by Gasteiger charge is 2.58. The van der Waals surface area contributed by atoms with Gasteiger partial charge in [-0.05, 0) is 6.07 Å². The SMILES string of the molecule is O=C1CSC2=NC3(CO)Oc4ccccc4[C@H]([C@H]3CO)N12. The molecule has 4 rings (SSSR count). The maximum atomic E-state index is 12.2. The Bertz CT molecular complexity index is 650. The average molecular weight is 306 g/mol. The van der Waals surface area contributed by atoms with Gasteiger partial charge in [-0.2, -0.15) is 0 Å². The van der Waals surface area contributed by atoms with Gasteiger partial charge in [0, 0.05) is 5.56 Å². The Morgan fingerprint density at radius 2 is 2.24 bits per heavy atom. The Labute approximate surface area is 125 Å². The number of aliphatic hydroxyl groups excluding tert-OH is 2. The van der Waals surface area contributed by atoms with Gasteiger partial charge in [0.15, 0.2) is 5.17 Å². The van der Waals surface area contributed by atoms with Crippen LogP contribution in [0, 0.1) is 5.92 Å². The number of aliphatic hydroxyl groups is 2. The van der Waals surface area contributed by atoms with Crippen molar-refractivity contribution in [3.63, 3.8) is 0 Å². The van der Waals surface area contributed by atoms with Crippen molar-refractivity contribution in [2.75, 3.05) is 19.0 Å². The number of hydrogen-bond donors (Lipinski definition) is 2. The fourth-order valence-corrected chi connectivity index (χ4v) is 4.26. The lowest BCUT2D eigenvalue weighted by Crippen LogP contribution is -2.60. The number of nitrogens with zero attached hydrogens (tertiary/aromatic N) is 2. The lowest BCUT2D eigenvalue weighted by molar-refractivity contribution is -0.136. The minimum atomic E-state index is -1.21. The van der Waals surface area contributed by atoms with Crippen molar-refractivity contribution < 1.29 is 19.7 Å². The van der Waals surface area contributed by atoms with Crippen molar-refractivity contribution in [1.82, 2.24) is 4.90 Å². The summed E-state index contributed by atoms with van der Waals surface area (Å²) in [4.78, 5) is 18.3. The number of amidine groups is 1. The summed E-state index contributed by atoms with van der Waals surface area (Å²) in [7, 11) is 0. The molecule has 0 spiro atoms. The summed E-state index contributed by atoms with van der Waals surface area (Å²) in [6.45, 7) is -0.556. The topological polar surface area (TPSA) is 82.4 Å². The number of benzene rings is 1. The fraction of sp³-hybridized carbons (Fsp3) is 0.429. The first-order chi connectivity index (χ1) is 10.2. The molecule has 3 aliphatic rings. The summed E-state index contributed by atoms with van der Waals surface area (Å²) in [5.74, 6) is 0.431. The first-order valence-corrected chi connectivity index (χ1v) is 7.73. The number of carbonyl (C=O) groups excluding carboxylic acids is 1. The predicted octanol–water partition coefficient (Wildman–Crippen LogP) is 0.362. The first kappa shape index (κ1) is 13.1. The van der Waals surface area contributed by atoms with Crippen molar-refractivity contribution >= 4 is 22.8 Å². The van der Waals surface area contributed by atoms with Crippen molar-refractivity contribution in [3.8, 4) is 5.75 Å². The Morgan fingerprint density at radius 3 is 3.00 bits per heavy atom. The number of carbonyl (C=O) groups is 1. The Balaban J connectivity index is 1.97. The van der Waals surface area contributed by atoms with E-state index >= 15 is 0 Å². The molecule has 1 amide bonds. The van der Waals surface area contributed by atoms with Crippen molar-refractivity contribution in [2.45, 2.75) is 11.8 Å². The molecular formula is C14H14N2O4S. The molecule has 3 aliphatic heterocycles. The molecule has 0 saturated carbocycles. The van der Waals surface area contributed by atoms with E-state index in [4.69, 9.17) is 4.74 Å². The van der Waals surface area contributed by atoms with E-state index in [0.717, 1.165) is 5.56 Å². The van der Waals surface area contributed by atoms with Crippen LogP contribution in [0.25, 0.3) is 0 Å². The molecule has 0 radical (unpaired) electrons. The van der Waals surface area contributed by atoms with E-state index in [1.165, 1.54) is 11.8 Å². The lowest BCUT2D eigenvalue weighted by atomic mass is 9.80. The van der Waals surface area contributed by atoms with Crippen LogP contribution < -0.4 is 4.74 Å². The normalized spacial score (nSPS) is 33.1. The second kappa shape index (κ2) is 4.46. The monoisotopic (exact) mass is 306 g/mol. The number of amides is 1. The summed E-state index contributed by atoms with van der Waals surface area (Å²) in [6.07, 6.45) is 0. The van der Waals surface area contributed by atoms with Crippen LogP contribution in [0.5, 0.6) is 5.75 Å². The molecule has 1 fully saturated rings. The molecule has 0 aliphatic carbocycles. The summed E-state index contributed by atoms with van der Waals surface area (Å²) >= 11 is 1.35. The smallest absolute Gasteiger partial charge is 0.239 e. The highest BCUT2D eigenvalue weighted by molar-refractivity contribution is 8.15. The zero-order valence-electron chi connectivity index (χ0n) is 11.1. The highest BCUT2D eigenvalue weighted by atomic mass is 32.2. The molecule has 1 unspecified atom stereocenters. The minimum absolute atomic E-state index is 0.0227. The van der Waals surface area contributed by atoms with E-state index in [0.29, 0.717) is 16.7 Å². The lowest BCUT2D eigenvalue weighted by Gasteiger charge is -2.50. The number of fused-ring (bicyclic) bond motifs is 6. The van der Waals surface area contributed by atoms with Gasteiger partial charge in [0.25, 0.3) is 0 Å². The van der Waals surface area contributed by atoms with Crippen LogP contribution in [-0.2, 0) is 4.79 Å². The number of rotatable bonds is 2. The van der Waals surface area contributed by atoms with Gasteiger partial charge in [0.05, 0.1) is 24.3 Å². The van der Waals surface area contributed by atoms with Gasteiger partial charge in [-0.25, -0.2) is 4.99 Å². The third kappa shape index (κ3) is 1.62. The zero-order valence-corrected chi connectivity index (χ0v) is 11.9. The Morgan fingerprint density at radius 1 is 1.43 bits per heavy atom. The number of aliphatic imine (C=N–C) groups is 1. The second-order valence-electron chi connectivity index (χ2n) is 5.32. The van der Waals surface area contributed by atoms with E-state index in [1.807, 2.05) is 18.2 Å². The summed E-state index contributed by atoms with van der Waals surface area (Å²) in [6, 6.07) is 7.06. The van der Waals surface area contributed by atoms with Gasteiger partial charge in [-0.1, -0.05) is 30.0 Å². The third-order valence-electron chi connectivity index (χ3n) is 4.27. The Hall–Kier alpha value is -1.57. The Kier molecular flexibility index (Phi) is 2.79. The third-order valence-corrected chi connectivity index (χ3v) is 5.21. The van der Waals surface area contributed by atoms with Gasteiger partial charge in [-0.15, -0.1) is 0 Å². The van der Waals surface area contributed by atoms with E-state index in [-0.39, 0.29) is 25.2 Å². The van der Waals surface area contributed by atoms with Gasteiger partial charge in [0.1, 0.15) is 12.4 Å². The molecular weight excluding hydrogens is 292 g/mol. The predicted molar refractivity (Wildman–Crippen MR) is 76.9 cm³/mol. The molecule has 6 nitrogen and oxygen atoms in total. The molecule has 3 atom stereocenters. The molecule has 3 heterocycles. The highest BCUT2D eigenvalue weighted by Crippen LogP contribution is 2.52. The summed E-state index contributed by atoms with van der Waals surface area (Å²) in [5.41, 5.74) is -0.360. The van der Waals surface area contributed by atoms with Crippen LogP contribution in [0.3, 0.4) is 0 Å². The van der Waals surface area contributed by atoms with E-state index in [1.54, 1.807) is 11.0 Å². The van der Waals surface area contributed by atoms with E-state index in [9.17, 15) is 15.0 Å². The van der Waals surface area contributed by atoms with Gasteiger partial charge >= 0.3 is 0 Å². The van der Waals surface area contributed by atoms with Crippen LogP contribution in [0.1, 0.15) is 11.6 Å². The van der Waals surface area contributed by atoms with Gasteiger partial charge in [0.2, 0.25) is 11.6 Å². The molecule has 7 heteroatoms. The van der Waals surface area contributed by atoms with Crippen LogP contribution in [0.15, 0.2) is 29.3 Å². The van der Waals surface area contributed by atoms with Crippen LogP contribution in [0.4, 0.5) is 0 Å². The average Bonchev–Trinajstić information content (AvgIpc) is 2.86.